The Kier molecular flexibility index (Phi) is 6.50. The molecule has 1 saturated heterocycles. The third-order valence-corrected chi connectivity index (χ3v) is 3.94. The van der Waals surface area contributed by atoms with E-state index in [-0.39, 0.29) is 0 Å². The summed E-state index contributed by atoms with van der Waals surface area (Å²) in [5.74, 6) is 0.998. The number of hydrogen-bond acceptors (Lipinski definition) is 2. The molecule has 2 nitrogen and oxygen atoms in total. The monoisotopic (exact) mass is 240 g/mol. The lowest BCUT2D eigenvalue weighted by atomic mass is 9.92. The fourth-order valence-electron chi connectivity index (χ4n) is 3.22. The number of rotatable bonds is 6. The van der Waals surface area contributed by atoms with Crippen LogP contribution in [0.15, 0.2) is 0 Å². The quantitative estimate of drug-likeness (QED) is 0.767. The van der Waals surface area contributed by atoms with E-state index in [4.69, 9.17) is 0 Å². The van der Waals surface area contributed by atoms with Crippen LogP contribution >= 0.6 is 0 Å². The summed E-state index contributed by atoms with van der Waals surface area (Å²) in [4.78, 5) is 2.69. The summed E-state index contributed by atoms with van der Waals surface area (Å²) in [5, 5.41) is 3.32. The van der Waals surface area contributed by atoms with Crippen LogP contribution in [-0.2, 0) is 0 Å². The molecule has 0 aromatic carbocycles. The van der Waals surface area contributed by atoms with Crippen molar-refractivity contribution < 1.29 is 0 Å². The van der Waals surface area contributed by atoms with Gasteiger partial charge in [-0.3, -0.25) is 0 Å². The van der Waals surface area contributed by atoms with Crippen LogP contribution in [0.4, 0.5) is 0 Å². The Morgan fingerprint density at radius 2 is 2.00 bits per heavy atom. The van der Waals surface area contributed by atoms with Crippen LogP contribution in [-0.4, -0.2) is 38.1 Å². The van der Waals surface area contributed by atoms with E-state index in [1.54, 1.807) is 0 Å². The first-order chi connectivity index (χ1) is 8.07. The highest BCUT2D eigenvalue weighted by Crippen LogP contribution is 2.24. The predicted octanol–water partition coefficient (Wildman–Crippen LogP) is 3.13. The van der Waals surface area contributed by atoms with Gasteiger partial charge in [-0.05, 0) is 50.7 Å². The van der Waals surface area contributed by atoms with E-state index in [1.165, 1.54) is 51.7 Å². The second-order valence-corrected chi connectivity index (χ2v) is 6.56. The fourth-order valence-corrected chi connectivity index (χ4v) is 3.22. The molecule has 0 bridgehead atoms. The Bertz CT molecular complexity index is 201. The maximum Gasteiger partial charge on any atom is 0.00448 e. The first kappa shape index (κ1) is 15.0. The fraction of sp³-hybridized carbons (Fsp3) is 1.00. The summed E-state index contributed by atoms with van der Waals surface area (Å²) in [6.07, 6.45) is 7.07. The van der Waals surface area contributed by atoms with Crippen molar-refractivity contribution in [2.75, 3.05) is 33.2 Å². The van der Waals surface area contributed by atoms with Crippen LogP contribution in [0.2, 0.25) is 0 Å². The minimum absolute atomic E-state index is 0.402. The number of likely N-dealkylation sites (tertiary alicyclic amines) is 1. The molecule has 1 aliphatic rings. The van der Waals surface area contributed by atoms with E-state index in [0.29, 0.717) is 5.41 Å². The van der Waals surface area contributed by atoms with Gasteiger partial charge in [-0.15, -0.1) is 0 Å². The molecule has 17 heavy (non-hydrogen) atoms. The molecule has 1 unspecified atom stereocenters. The Labute approximate surface area is 108 Å². The lowest BCUT2D eigenvalue weighted by molar-refractivity contribution is 0.179. The van der Waals surface area contributed by atoms with Gasteiger partial charge in [0.25, 0.3) is 0 Å². The van der Waals surface area contributed by atoms with Gasteiger partial charge in [0.05, 0.1) is 0 Å². The molecule has 0 saturated carbocycles. The summed E-state index contributed by atoms with van der Waals surface area (Å²) >= 11 is 0. The van der Waals surface area contributed by atoms with Crippen molar-refractivity contribution in [3.8, 4) is 0 Å². The third-order valence-electron chi connectivity index (χ3n) is 3.94. The van der Waals surface area contributed by atoms with Crippen LogP contribution in [0.5, 0.6) is 0 Å². The first-order valence-electron chi connectivity index (χ1n) is 7.44. The molecule has 0 aromatic heterocycles. The van der Waals surface area contributed by atoms with Gasteiger partial charge in [0, 0.05) is 13.1 Å². The second kappa shape index (κ2) is 7.38. The SMILES string of the molecule is CCCC1CCCN(CC(C)(C)CNC)CC1. The molecule has 1 fully saturated rings. The van der Waals surface area contributed by atoms with Gasteiger partial charge in [0.2, 0.25) is 0 Å². The summed E-state index contributed by atoms with van der Waals surface area (Å²) in [6, 6.07) is 0. The van der Waals surface area contributed by atoms with Gasteiger partial charge in [0.1, 0.15) is 0 Å². The van der Waals surface area contributed by atoms with Crippen molar-refractivity contribution in [2.45, 2.75) is 52.9 Å². The number of nitrogens with zero attached hydrogens (tertiary/aromatic N) is 1. The second-order valence-electron chi connectivity index (χ2n) is 6.56. The summed E-state index contributed by atoms with van der Waals surface area (Å²) in [6.45, 7) is 12.0. The van der Waals surface area contributed by atoms with Crippen LogP contribution in [0, 0.1) is 11.3 Å². The molecule has 0 spiro atoms. The Hall–Kier alpha value is -0.0800. The van der Waals surface area contributed by atoms with E-state index in [9.17, 15) is 0 Å². The van der Waals surface area contributed by atoms with Crippen molar-refractivity contribution in [3.63, 3.8) is 0 Å². The normalized spacial score (nSPS) is 23.6. The molecular formula is C15H32N2. The van der Waals surface area contributed by atoms with Crippen molar-refractivity contribution in [1.29, 1.82) is 0 Å². The highest BCUT2D eigenvalue weighted by Gasteiger charge is 2.23. The maximum absolute atomic E-state index is 3.32. The van der Waals surface area contributed by atoms with Gasteiger partial charge in [0.15, 0.2) is 0 Å². The lowest BCUT2D eigenvalue weighted by Gasteiger charge is -2.32. The molecular weight excluding hydrogens is 208 g/mol. The largest absolute Gasteiger partial charge is 0.319 e. The summed E-state index contributed by atoms with van der Waals surface area (Å²) < 4.78 is 0. The zero-order chi connectivity index (χ0) is 12.7. The number of nitrogens with one attached hydrogen (secondary N) is 1. The molecule has 0 amide bonds. The van der Waals surface area contributed by atoms with Crippen molar-refractivity contribution in [2.24, 2.45) is 11.3 Å². The molecule has 0 radical (unpaired) electrons. The summed E-state index contributed by atoms with van der Waals surface area (Å²) in [7, 11) is 2.06. The van der Waals surface area contributed by atoms with Gasteiger partial charge in [-0.25, -0.2) is 0 Å². The van der Waals surface area contributed by atoms with E-state index < -0.39 is 0 Å². The molecule has 1 heterocycles. The first-order valence-corrected chi connectivity index (χ1v) is 7.44. The van der Waals surface area contributed by atoms with Crippen LogP contribution < -0.4 is 5.32 Å². The molecule has 0 aliphatic carbocycles. The topological polar surface area (TPSA) is 15.3 Å². The Balaban J connectivity index is 2.35. The highest BCUT2D eigenvalue weighted by molar-refractivity contribution is 4.78. The van der Waals surface area contributed by atoms with Gasteiger partial charge in [-0.1, -0.05) is 33.6 Å². The maximum atomic E-state index is 3.32. The predicted molar refractivity (Wildman–Crippen MR) is 76.4 cm³/mol. The average molecular weight is 240 g/mol. The molecule has 102 valence electrons. The lowest BCUT2D eigenvalue weighted by Crippen LogP contribution is -2.40. The summed E-state index contributed by atoms with van der Waals surface area (Å²) in [5.41, 5.74) is 0.402. The zero-order valence-electron chi connectivity index (χ0n) is 12.4. The molecule has 0 aromatic rings. The highest BCUT2D eigenvalue weighted by atomic mass is 15.1. The molecule has 1 atom stereocenters. The molecule has 1 aliphatic heterocycles. The van der Waals surface area contributed by atoms with E-state index in [2.05, 4.69) is 38.0 Å². The van der Waals surface area contributed by atoms with Crippen LogP contribution in [0.25, 0.3) is 0 Å². The van der Waals surface area contributed by atoms with Crippen molar-refractivity contribution >= 4 is 0 Å². The smallest absolute Gasteiger partial charge is 0.00448 e. The Morgan fingerprint density at radius 1 is 1.24 bits per heavy atom. The van der Waals surface area contributed by atoms with E-state index >= 15 is 0 Å². The van der Waals surface area contributed by atoms with Crippen molar-refractivity contribution in [3.05, 3.63) is 0 Å². The molecule has 1 N–H and O–H groups in total. The molecule has 2 heteroatoms. The van der Waals surface area contributed by atoms with Gasteiger partial charge >= 0.3 is 0 Å². The minimum Gasteiger partial charge on any atom is -0.319 e. The minimum atomic E-state index is 0.402. The van der Waals surface area contributed by atoms with Gasteiger partial charge in [-0.2, -0.15) is 0 Å². The van der Waals surface area contributed by atoms with Crippen LogP contribution in [0.1, 0.15) is 52.9 Å². The van der Waals surface area contributed by atoms with Gasteiger partial charge < -0.3 is 10.2 Å². The standard InChI is InChI=1S/C15H32N2/c1-5-7-14-8-6-10-17(11-9-14)13-15(2,3)12-16-4/h14,16H,5-13H2,1-4H3. The van der Waals surface area contributed by atoms with Crippen molar-refractivity contribution in [1.82, 2.24) is 10.2 Å². The molecule has 1 rings (SSSR count). The van der Waals surface area contributed by atoms with E-state index in [0.717, 1.165) is 12.5 Å². The third kappa shape index (κ3) is 5.87. The number of hydrogen-bond donors (Lipinski definition) is 1. The van der Waals surface area contributed by atoms with E-state index in [1.807, 2.05) is 0 Å². The average Bonchev–Trinajstić information content (AvgIpc) is 2.44. The van der Waals surface area contributed by atoms with Crippen LogP contribution in [0.3, 0.4) is 0 Å². The zero-order valence-corrected chi connectivity index (χ0v) is 12.4. The Morgan fingerprint density at radius 3 is 2.65 bits per heavy atom.